The number of hydrogen-bond donors (Lipinski definition) is 1. The Morgan fingerprint density at radius 3 is 2.43 bits per heavy atom. The molecule has 1 aromatic carbocycles. The minimum absolute atomic E-state index is 0.548. The smallest absolute Gasteiger partial charge is 0.203 e. The normalized spacial score (nSPS) is 10.5. The van der Waals surface area contributed by atoms with Crippen LogP contribution in [0, 0.1) is 6.92 Å². The molecule has 0 spiro atoms. The predicted molar refractivity (Wildman–Crippen MR) is 110 cm³/mol. The van der Waals surface area contributed by atoms with Gasteiger partial charge in [-0.3, -0.25) is 0 Å². The van der Waals surface area contributed by atoms with Gasteiger partial charge in [0.1, 0.15) is 5.82 Å². The summed E-state index contributed by atoms with van der Waals surface area (Å²) in [5.74, 6) is 4.12. The maximum Gasteiger partial charge on any atom is 0.203 e. The van der Waals surface area contributed by atoms with E-state index in [1.54, 1.807) is 27.5 Å². The largest absolute Gasteiger partial charge is 0.493 e. The number of unbranched alkanes of at least 4 members (excludes halogenated alkanes) is 1. The molecule has 0 amide bonds. The summed E-state index contributed by atoms with van der Waals surface area (Å²) < 4.78 is 22.2. The fourth-order valence-corrected chi connectivity index (χ4v) is 2.88. The first-order valence-corrected chi connectivity index (χ1v) is 9.62. The molecule has 0 saturated heterocycles. The van der Waals surface area contributed by atoms with Gasteiger partial charge in [0.2, 0.25) is 5.75 Å². The van der Waals surface area contributed by atoms with Gasteiger partial charge in [-0.05, 0) is 37.8 Å². The fraction of sp³-hybridized carbons (Fsp3) is 0.524. The highest BCUT2D eigenvalue weighted by atomic mass is 16.5. The second-order valence-corrected chi connectivity index (χ2v) is 6.36. The van der Waals surface area contributed by atoms with Crippen molar-refractivity contribution in [1.29, 1.82) is 0 Å². The fourth-order valence-electron chi connectivity index (χ4n) is 2.88. The van der Waals surface area contributed by atoms with Crippen LogP contribution < -0.4 is 24.3 Å². The van der Waals surface area contributed by atoms with Crippen LogP contribution in [0.3, 0.4) is 0 Å². The van der Waals surface area contributed by atoms with Crippen molar-refractivity contribution in [2.45, 2.75) is 39.5 Å². The number of rotatable bonds is 12. The summed E-state index contributed by atoms with van der Waals surface area (Å²) in [5, 5.41) is 3.33. The number of aromatic nitrogens is 2. The average Bonchev–Trinajstić information content (AvgIpc) is 2.71. The molecule has 154 valence electrons. The van der Waals surface area contributed by atoms with Gasteiger partial charge >= 0.3 is 0 Å². The second kappa shape index (κ2) is 11.2. The molecule has 2 rings (SSSR count). The summed E-state index contributed by atoms with van der Waals surface area (Å²) in [6.07, 6.45) is 5.54. The molecule has 0 radical (unpaired) electrons. The molecule has 1 heterocycles. The molecule has 28 heavy (non-hydrogen) atoms. The van der Waals surface area contributed by atoms with Crippen LogP contribution in [0.1, 0.15) is 37.6 Å². The Bertz CT molecular complexity index is 753. The van der Waals surface area contributed by atoms with Crippen molar-refractivity contribution in [3.05, 3.63) is 29.7 Å². The molecule has 0 aliphatic heterocycles. The molecule has 2 aromatic rings. The maximum absolute atomic E-state index is 5.94. The van der Waals surface area contributed by atoms with Crippen molar-refractivity contribution in [2.75, 3.05) is 39.8 Å². The first kappa shape index (κ1) is 21.6. The summed E-state index contributed by atoms with van der Waals surface area (Å²) in [6.45, 7) is 5.45. The summed E-state index contributed by atoms with van der Waals surface area (Å²) in [6, 6.07) is 3.88. The van der Waals surface area contributed by atoms with Crippen LogP contribution >= 0.6 is 0 Å². The van der Waals surface area contributed by atoms with E-state index < -0.39 is 0 Å². The van der Waals surface area contributed by atoms with Gasteiger partial charge in [-0.2, -0.15) is 0 Å². The highest BCUT2D eigenvalue weighted by molar-refractivity contribution is 5.55. The molecular weight excluding hydrogens is 358 g/mol. The zero-order valence-corrected chi connectivity index (χ0v) is 17.5. The van der Waals surface area contributed by atoms with Gasteiger partial charge in [0, 0.05) is 6.54 Å². The first-order chi connectivity index (χ1) is 13.6. The number of nitrogens with one attached hydrogen (secondary N) is 1. The van der Waals surface area contributed by atoms with Crippen molar-refractivity contribution in [1.82, 2.24) is 9.97 Å². The van der Waals surface area contributed by atoms with Gasteiger partial charge in [-0.25, -0.2) is 9.97 Å². The van der Waals surface area contributed by atoms with Crippen LogP contribution in [0.25, 0.3) is 0 Å². The summed E-state index contributed by atoms with van der Waals surface area (Å²) >= 11 is 0. The standard InChI is InChI=1S/C21H31N3O4/c1-6-7-12-22-21-18(14-23-15(2)24-21)28-13-8-9-16-10-11-17(25-3)20(27-5)19(16)26-4/h10-11,14H,6-9,12-13H2,1-5H3,(H,22,23,24). The van der Waals surface area contributed by atoms with E-state index in [9.17, 15) is 0 Å². The number of nitrogens with zero attached hydrogens (tertiary/aromatic N) is 2. The van der Waals surface area contributed by atoms with E-state index in [0.29, 0.717) is 29.6 Å². The van der Waals surface area contributed by atoms with Crippen LogP contribution in [0.4, 0.5) is 5.82 Å². The molecule has 0 saturated carbocycles. The van der Waals surface area contributed by atoms with Crippen LogP contribution in [-0.4, -0.2) is 44.4 Å². The Hall–Kier alpha value is -2.70. The number of methoxy groups -OCH3 is 3. The van der Waals surface area contributed by atoms with Gasteiger partial charge < -0.3 is 24.3 Å². The minimum atomic E-state index is 0.548. The minimum Gasteiger partial charge on any atom is -0.493 e. The Morgan fingerprint density at radius 2 is 1.75 bits per heavy atom. The number of hydrogen-bond acceptors (Lipinski definition) is 7. The average molecular weight is 389 g/mol. The van der Waals surface area contributed by atoms with E-state index in [4.69, 9.17) is 18.9 Å². The molecule has 7 heteroatoms. The number of ether oxygens (including phenoxy) is 4. The third-order valence-electron chi connectivity index (χ3n) is 4.33. The summed E-state index contributed by atoms with van der Waals surface area (Å²) in [7, 11) is 4.85. The molecule has 0 unspecified atom stereocenters. The zero-order chi connectivity index (χ0) is 20.4. The van der Waals surface area contributed by atoms with E-state index in [1.807, 2.05) is 19.1 Å². The SMILES string of the molecule is CCCCNc1nc(C)ncc1OCCCc1ccc(OC)c(OC)c1OC. The van der Waals surface area contributed by atoms with Gasteiger partial charge in [0.25, 0.3) is 0 Å². The molecule has 0 aliphatic carbocycles. The number of benzene rings is 1. The van der Waals surface area contributed by atoms with E-state index >= 15 is 0 Å². The van der Waals surface area contributed by atoms with E-state index in [2.05, 4.69) is 22.2 Å². The van der Waals surface area contributed by atoms with E-state index in [1.165, 1.54) is 0 Å². The van der Waals surface area contributed by atoms with Crippen LogP contribution in [0.5, 0.6) is 23.0 Å². The lowest BCUT2D eigenvalue weighted by atomic mass is 10.1. The Labute approximate surface area is 167 Å². The van der Waals surface area contributed by atoms with E-state index in [-0.39, 0.29) is 0 Å². The lowest BCUT2D eigenvalue weighted by molar-refractivity contribution is 0.305. The van der Waals surface area contributed by atoms with E-state index in [0.717, 1.165) is 49.4 Å². The van der Waals surface area contributed by atoms with Crippen molar-refractivity contribution in [2.24, 2.45) is 0 Å². The van der Waals surface area contributed by atoms with Crippen molar-refractivity contribution < 1.29 is 18.9 Å². The van der Waals surface area contributed by atoms with Crippen molar-refractivity contribution >= 4 is 5.82 Å². The monoisotopic (exact) mass is 389 g/mol. The van der Waals surface area contributed by atoms with Crippen molar-refractivity contribution in [3.8, 4) is 23.0 Å². The molecule has 7 nitrogen and oxygen atoms in total. The molecule has 1 aromatic heterocycles. The van der Waals surface area contributed by atoms with Gasteiger partial charge in [0.15, 0.2) is 23.1 Å². The third-order valence-corrected chi connectivity index (χ3v) is 4.33. The molecule has 0 bridgehead atoms. The quantitative estimate of drug-likeness (QED) is 0.549. The first-order valence-electron chi connectivity index (χ1n) is 9.62. The van der Waals surface area contributed by atoms with Crippen LogP contribution in [0.2, 0.25) is 0 Å². The van der Waals surface area contributed by atoms with Crippen molar-refractivity contribution in [3.63, 3.8) is 0 Å². The molecule has 0 fully saturated rings. The Morgan fingerprint density at radius 1 is 0.964 bits per heavy atom. The summed E-state index contributed by atoms with van der Waals surface area (Å²) in [4.78, 5) is 8.70. The molecule has 1 N–H and O–H groups in total. The van der Waals surface area contributed by atoms with Crippen LogP contribution in [0.15, 0.2) is 18.3 Å². The number of aryl methyl sites for hydroxylation is 2. The third kappa shape index (κ3) is 5.65. The highest BCUT2D eigenvalue weighted by Crippen LogP contribution is 2.40. The molecular formula is C21H31N3O4. The van der Waals surface area contributed by atoms with Gasteiger partial charge in [-0.1, -0.05) is 19.4 Å². The number of anilines is 1. The van der Waals surface area contributed by atoms with Gasteiger partial charge in [0.05, 0.1) is 34.1 Å². The Kier molecular flexibility index (Phi) is 8.65. The predicted octanol–water partition coefficient (Wildman–Crippen LogP) is 4.03. The topological polar surface area (TPSA) is 74.7 Å². The highest BCUT2D eigenvalue weighted by Gasteiger charge is 2.15. The Balaban J connectivity index is 1.98. The molecule has 0 aliphatic rings. The summed E-state index contributed by atoms with van der Waals surface area (Å²) in [5.41, 5.74) is 1.05. The maximum atomic E-state index is 5.94. The molecule has 0 atom stereocenters. The zero-order valence-electron chi connectivity index (χ0n) is 17.5. The second-order valence-electron chi connectivity index (χ2n) is 6.36. The van der Waals surface area contributed by atoms with Gasteiger partial charge in [-0.15, -0.1) is 0 Å². The van der Waals surface area contributed by atoms with Crippen LogP contribution in [-0.2, 0) is 6.42 Å². The lowest BCUT2D eigenvalue weighted by Crippen LogP contribution is -2.09. The lowest BCUT2D eigenvalue weighted by Gasteiger charge is -2.16.